The Morgan fingerprint density at radius 3 is 3.03 bits per heavy atom. The fraction of sp³-hybridized carbons (Fsp3) is 0.333. The molecule has 2 aliphatic rings. The third-order valence-electron chi connectivity index (χ3n) is 5.88. The maximum absolute atomic E-state index is 12.6. The van der Waals surface area contributed by atoms with Gasteiger partial charge in [-0.05, 0) is 55.6 Å². The number of nitrogens with zero attached hydrogens (tertiary/aromatic N) is 2. The molecule has 7 nitrogen and oxygen atoms in total. The molecule has 3 heterocycles. The fourth-order valence-electron chi connectivity index (χ4n) is 4.28. The first-order valence-electron chi connectivity index (χ1n) is 10.7. The van der Waals surface area contributed by atoms with Crippen LogP contribution < -0.4 is 14.8 Å². The van der Waals surface area contributed by atoms with E-state index in [4.69, 9.17) is 9.47 Å². The summed E-state index contributed by atoms with van der Waals surface area (Å²) >= 11 is 0. The van der Waals surface area contributed by atoms with E-state index in [1.807, 2.05) is 24.4 Å². The summed E-state index contributed by atoms with van der Waals surface area (Å²) in [7, 11) is 0. The molecule has 1 atom stereocenters. The van der Waals surface area contributed by atoms with E-state index in [2.05, 4.69) is 51.4 Å². The maximum atomic E-state index is 12.6. The Balaban J connectivity index is 1.20. The lowest BCUT2D eigenvalue weighted by atomic mass is 10.1. The summed E-state index contributed by atoms with van der Waals surface area (Å²) < 4.78 is 10.7. The van der Waals surface area contributed by atoms with Crippen molar-refractivity contribution >= 4 is 5.91 Å². The molecule has 3 aromatic rings. The molecule has 1 fully saturated rings. The van der Waals surface area contributed by atoms with Gasteiger partial charge in [0.25, 0.3) is 0 Å². The first kappa shape index (κ1) is 19.6. The molecule has 1 saturated heterocycles. The van der Waals surface area contributed by atoms with Gasteiger partial charge in [0.1, 0.15) is 5.82 Å². The highest BCUT2D eigenvalue weighted by Gasteiger charge is 2.29. The third kappa shape index (κ3) is 4.27. The number of nitrogens with one attached hydrogen (secondary N) is 2. The molecule has 1 amide bonds. The molecule has 7 heteroatoms. The van der Waals surface area contributed by atoms with E-state index in [0.717, 1.165) is 53.5 Å². The number of hydrogen-bond donors (Lipinski definition) is 2. The molecule has 0 bridgehead atoms. The normalized spacial score (nSPS) is 17.8. The van der Waals surface area contributed by atoms with Crippen molar-refractivity contribution in [1.29, 1.82) is 0 Å². The summed E-state index contributed by atoms with van der Waals surface area (Å²) in [4.78, 5) is 22.9. The number of likely N-dealkylation sites (tertiary alicyclic amines) is 1. The zero-order valence-corrected chi connectivity index (χ0v) is 17.6. The number of imidazole rings is 1. The van der Waals surface area contributed by atoms with Crippen LogP contribution in [0.25, 0.3) is 11.3 Å². The van der Waals surface area contributed by atoms with E-state index in [1.165, 1.54) is 5.56 Å². The number of ether oxygens (including phenoxy) is 2. The standard InChI is InChI=1S/C24H26N4O3/c1-16-4-2-5-18(10-16)19-13-26-24(27-19)20-6-3-9-28(20)14-23(29)25-12-17-7-8-21-22(11-17)31-15-30-21/h2,4-5,7-8,10-11,13,20H,3,6,9,12,14-15H2,1H3,(H,25,29)(H,26,27)/t20-/m0/s1. The van der Waals surface area contributed by atoms with Crippen molar-refractivity contribution < 1.29 is 14.3 Å². The lowest BCUT2D eigenvalue weighted by Gasteiger charge is -2.22. The summed E-state index contributed by atoms with van der Waals surface area (Å²) in [5.41, 5.74) is 4.35. The molecule has 0 spiro atoms. The number of rotatable bonds is 6. The van der Waals surface area contributed by atoms with Crippen LogP contribution in [-0.2, 0) is 11.3 Å². The number of aryl methyl sites for hydroxylation is 1. The van der Waals surface area contributed by atoms with Crippen LogP contribution >= 0.6 is 0 Å². The average molecular weight is 418 g/mol. The molecule has 0 unspecified atom stereocenters. The molecular formula is C24H26N4O3. The highest BCUT2D eigenvalue weighted by molar-refractivity contribution is 5.78. The van der Waals surface area contributed by atoms with Gasteiger partial charge in [-0.1, -0.05) is 29.8 Å². The number of fused-ring (bicyclic) bond motifs is 1. The SMILES string of the molecule is Cc1cccc(-c2cnc([C@@H]3CCCN3CC(=O)NCc3ccc4c(c3)OCO4)[nH]2)c1. The molecule has 2 N–H and O–H groups in total. The second-order valence-corrected chi connectivity index (χ2v) is 8.14. The van der Waals surface area contributed by atoms with Gasteiger partial charge < -0.3 is 19.8 Å². The van der Waals surface area contributed by atoms with Gasteiger partial charge in [-0.2, -0.15) is 0 Å². The van der Waals surface area contributed by atoms with Crippen LogP contribution in [0.15, 0.2) is 48.7 Å². The predicted molar refractivity (Wildman–Crippen MR) is 117 cm³/mol. The second-order valence-electron chi connectivity index (χ2n) is 8.14. The quantitative estimate of drug-likeness (QED) is 0.640. The summed E-state index contributed by atoms with van der Waals surface area (Å²) in [6.07, 6.45) is 3.94. The Morgan fingerprint density at radius 2 is 2.13 bits per heavy atom. The molecule has 0 radical (unpaired) electrons. The van der Waals surface area contributed by atoms with Crippen molar-refractivity contribution in [2.45, 2.75) is 32.4 Å². The number of hydrogen-bond acceptors (Lipinski definition) is 5. The molecule has 2 aliphatic heterocycles. The van der Waals surface area contributed by atoms with Crippen molar-refractivity contribution in [1.82, 2.24) is 20.2 Å². The minimum Gasteiger partial charge on any atom is -0.454 e. The van der Waals surface area contributed by atoms with Crippen LogP contribution in [0.5, 0.6) is 11.5 Å². The third-order valence-corrected chi connectivity index (χ3v) is 5.88. The van der Waals surface area contributed by atoms with Crippen LogP contribution in [0.1, 0.15) is 35.8 Å². The Bertz CT molecular complexity index is 1090. The summed E-state index contributed by atoms with van der Waals surface area (Å²) in [5, 5.41) is 3.02. The first-order chi connectivity index (χ1) is 15.2. The van der Waals surface area contributed by atoms with E-state index in [-0.39, 0.29) is 18.7 Å². The number of aromatic amines is 1. The Hall–Kier alpha value is -3.32. The molecule has 31 heavy (non-hydrogen) atoms. The van der Waals surface area contributed by atoms with Gasteiger partial charge in [-0.25, -0.2) is 4.98 Å². The van der Waals surface area contributed by atoms with Crippen LogP contribution in [0, 0.1) is 6.92 Å². The van der Waals surface area contributed by atoms with Gasteiger partial charge in [-0.15, -0.1) is 0 Å². The smallest absolute Gasteiger partial charge is 0.234 e. The maximum Gasteiger partial charge on any atom is 0.234 e. The highest BCUT2D eigenvalue weighted by Crippen LogP contribution is 2.33. The molecule has 160 valence electrons. The van der Waals surface area contributed by atoms with Crippen LogP contribution in [0.2, 0.25) is 0 Å². The van der Waals surface area contributed by atoms with E-state index in [0.29, 0.717) is 13.1 Å². The fourth-order valence-corrected chi connectivity index (χ4v) is 4.28. The Morgan fingerprint density at radius 1 is 1.23 bits per heavy atom. The summed E-state index contributed by atoms with van der Waals surface area (Å²) in [5.74, 6) is 2.42. The largest absolute Gasteiger partial charge is 0.454 e. The van der Waals surface area contributed by atoms with Crippen molar-refractivity contribution in [3.63, 3.8) is 0 Å². The molecule has 1 aromatic heterocycles. The average Bonchev–Trinajstić information content (AvgIpc) is 3.52. The van der Waals surface area contributed by atoms with Crippen molar-refractivity contribution in [2.24, 2.45) is 0 Å². The van der Waals surface area contributed by atoms with Gasteiger partial charge in [0.15, 0.2) is 11.5 Å². The summed E-state index contributed by atoms with van der Waals surface area (Å²) in [6, 6.07) is 14.2. The van der Waals surface area contributed by atoms with E-state index in [9.17, 15) is 4.79 Å². The highest BCUT2D eigenvalue weighted by atomic mass is 16.7. The zero-order chi connectivity index (χ0) is 21.2. The molecular weight excluding hydrogens is 392 g/mol. The number of carbonyl (C=O) groups excluding carboxylic acids is 1. The van der Waals surface area contributed by atoms with E-state index < -0.39 is 0 Å². The Labute approximate surface area is 181 Å². The van der Waals surface area contributed by atoms with E-state index in [1.54, 1.807) is 0 Å². The molecule has 5 rings (SSSR count). The van der Waals surface area contributed by atoms with Crippen LogP contribution in [-0.4, -0.2) is 40.7 Å². The molecule has 0 aliphatic carbocycles. The van der Waals surface area contributed by atoms with Crippen LogP contribution in [0.4, 0.5) is 0 Å². The van der Waals surface area contributed by atoms with Crippen LogP contribution in [0.3, 0.4) is 0 Å². The zero-order valence-electron chi connectivity index (χ0n) is 17.6. The lowest BCUT2D eigenvalue weighted by Crippen LogP contribution is -2.36. The number of H-pyrrole nitrogens is 1. The van der Waals surface area contributed by atoms with Crippen molar-refractivity contribution in [3.8, 4) is 22.8 Å². The predicted octanol–water partition coefficient (Wildman–Crippen LogP) is 3.57. The number of amides is 1. The number of carbonyl (C=O) groups is 1. The minimum absolute atomic E-state index is 0.00929. The van der Waals surface area contributed by atoms with Gasteiger partial charge in [0.05, 0.1) is 24.5 Å². The lowest BCUT2D eigenvalue weighted by molar-refractivity contribution is -0.122. The monoisotopic (exact) mass is 418 g/mol. The van der Waals surface area contributed by atoms with Gasteiger partial charge >= 0.3 is 0 Å². The minimum atomic E-state index is 0.00929. The van der Waals surface area contributed by atoms with Gasteiger partial charge in [0.2, 0.25) is 12.7 Å². The number of aromatic nitrogens is 2. The Kier molecular flexibility index (Phi) is 5.34. The van der Waals surface area contributed by atoms with E-state index >= 15 is 0 Å². The molecule has 2 aromatic carbocycles. The van der Waals surface area contributed by atoms with Crippen molar-refractivity contribution in [3.05, 3.63) is 65.6 Å². The van der Waals surface area contributed by atoms with Crippen molar-refractivity contribution in [2.75, 3.05) is 19.9 Å². The number of benzene rings is 2. The van der Waals surface area contributed by atoms with Gasteiger partial charge in [0, 0.05) is 6.54 Å². The first-order valence-corrected chi connectivity index (χ1v) is 10.7. The summed E-state index contributed by atoms with van der Waals surface area (Å²) in [6.45, 7) is 4.05. The van der Waals surface area contributed by atoms with Gasteiger partial charge in [-0.3, -0.25) is 9.69 Å². The second kappa shape index (κ2) is 8.43. The molecule has 0 saturated carbocycles. The topological polar surface area (TPSA) is 79.5 Å².